The maximum atomic E-state index is 11.9. The highest BCUT2D eigenvalue weighted by molar-refractivity contribution is 5.86. The molecule has 1 amide bonds. The van der Waals surface area contributed by atoms with E-state index in [0.717, 1.165) is 6.42 Å². The van der Waals surface area contributed by atoms with Gasteiger partial charge in [0.1, 0.15) is 0 Å². The summed E-state index contributed by atoms with van der Waals surface area (Å²) < 4.78 is 4.96. The Balaban J connectivity index is 1.87. The van der Waals surface area contributed by atoms with Crippen LogP contribution in [0.2, 0.25) is 0 Å². The normalized spacial score (nSPS) is 16.3. The Hall–Kier alpha value is -1.86. The Kier molecular flexibility index (Phi) is 3.87. The summed E-state index contributed by atoms with van der Waals surface area (Å²) >= 11 is 0. The lowest BCUT2D eigenvalue weighted by atomic mass is 9.87. The van der Waals surface area contributed by atoms with Crippen LogP contribution in [0.25, 0.3) is 0 Å². The predicted octanol–water partition coefficient (Wildman–Crippen LogP) is 1.50. The maximum absolute atomic E-state index is 11.9. The fourth-order valence-electron chi connectivity index (χ4n) is 2.16. The van der Waals surface area contributed by atoms with Crippen molar-refractivity contribution in [2.75, 3.05) is 19.8 Å². The molecule has 0 bridgehead atoms. The van der Waals surface area contributed by atoms with Gasteiger partial charge in [0.2, 0.25) is 5.91 Å². The number of amides is 1. The van der Waals surface area contributed by atoms with Crippen molar-refractivity contribution < 1.29 is 9.53 Å². The Morgan fingerprint density at radius 3 is 2.74 bits per heavy atom. The first-order valence-electron chi connectivity index (χ1n) is 6.41. The Labute approximate surface area is 113 Å². The van der Waals surface area contributed by atoms with Gasteiger partial charge in [-0.1, -0.05) is 23.8 Å². The lowest BCUT2D eigenvalue weighted by Crippen LogP contribution is -2.53. The molecule has 0 aromatic heterocycles. The molecule has 4 nitrogen and oxygen atoms in total. The number of aryl methyl sites for hydroxylation is 2. The summed E-state index contributed by atoms with van der Waals surface area (Å²) in [6, 6.07) is 8.33. The third-order valence-electron chi connectivity index (χ3n) is 3.52. The minimum absolute atomic E-state index is 0.207. The maximum Gasteiger partial charge on any atom is 0.245 e. The molecule has 2 rings (SSSR count). The van der Waals surface area contributed by atoms with Crippen LogP contribution in [0.4, 0.5) is 0 Å². The van der Waals surface area contributed by atoms with Crippen LogP contribution in [0.3, 0.4) is 0 Å². The topological polar surface area (TPSA) is 62.1 Å². The fraction of sp³-hybridized carbons (Fsp3) is 0.467. The molecule has 1 heterocycles. The SMILES string of the molecule is Cc1ccc(CCNC(=O)C2(C#N)COC2)c(C)c1. The zero-order valence-corrected chi connectivity index (χ0v) is 11.3. The van der Waals surface area contributed by atoms with Crippen LogP contribution < -0.4 is 5.32 Å². The van der Waals surface area contributed by atoms with Gasteiger partial charge in [0, 0.05) is 6.54 Å². The minimum Gasteiger partial charge on any atom is -0.377 e. The van der Waals surface area contributed by atoms with Crippen molar-refractivity contribution >= 4 is 5.91 Å². The Morgan fingerprint density at radius 2 is 2.21 bits per heavy atom. The van der Waals surface area contributed by atoms with Crippen molar-refractivity contribution in [1.82, 2.24) is 5.32 Å². The third-order valence-corrected chi connectivity index (χ3v) is 3.52. The summed E-state index contributed by atoms with van der Waals surface area (Å²) in [6.45, 7) is 5.09. The Bertz CT molecular complexity index is 527. The summed E-state index contributed by atoms with van der Waals surface area (Å²) in [6.07, 6.45) is 0.778. The summed E-state index contributed by atoms with van der Waals surface area (Å²) in [5.41, 5.74) is 2.74. The molecule has 0 radical (unpaired) electrons. The molecule has 19 heavy (non-hydrogen) atoms. The van der Waals surface area contributed by atoms with Crippen molar-refractivity contribution in [2.24, 2.45) is 5.41 Å². The highest BCUT2D eigenvalue weighted by Crippen LogP contribution is 2.26. The molecule has 1 fully saturated rings. The molecule has 1 aliphatic heterocycles. The lowest BCUT2D eigenvalue weighted by Gasteiger charge is -2.33. The molecule has 0 saturated carbocycles. The number of hydrogen-bond donors (Lipinski definition) is 1. The smallest absolute Gasteiger partial charge is 0.245 e. The zero-order valence-electron chi connectivity index (χ0n) is 11.3. The summed E-state index contributed by atoms with van der Waals surface area (Å²) in [5, 5.41) is 11.8. The van der Waals surface area contributed by atoms with E-state index in [1.54, 1.807) is 0 Å². The highest BCUT2D eigenvalue weighted by atomic mass is 16.5. The van der Waals surface area contributed by atoms with E-state index < -0.39 is 5.41 Å². The predicted molar refractivity (Wildman–Crippen MR) is 71.5 cm³/mol. The van der Waals surface area contributed by atoms with E-state index >= 15 is 0 Å². The number of ether oxygens (including phenoxy) is 1. The second-order valence-corrected chi connectivity index (χ2v) is 5.12. The molecule has 4 heteroatoms. The van der Waals surface area contributed by atoms with Crippen LogP contribution in [0.5, 0.6) is 0 Å². The van der Waals surface area contributed by atoms with Crippen LogP contribution in [0.1, 0.15) is 16.7 Å². The summed E-state index contributed by atoms with van der Waals surface area (Å²) in [5.74, 6) is -0.217. The molecule has 100 valence electrons. The van der Waals surface area contributed by atoms with Gasteiger partial charge in [0.05, 0.1) is 19.3 Å². The summed E-state index contributed by atoms with van der Waals surface area (Å²) in [7, 11) is 0. The number of carbonyl (C=O) groups excluding carboxylic acids is 1. The van der Waals surface area contributed by atoms with Crippen molar-refractivity contribution in [3.63, 3.8) is 0 Å². The third kappa shape index (κ3) is 2.77. The second-order valence-electron chi connectivity index (χ2n) is 5.12. The molecule has 1 saturated heterocycles. The van der Waals surface area contributed by atoms with E-state index in [1.165, 1.54) is 16.7 Å². The quantitative estimate of drug-likeness (QED) is 0.890. The van der Waals surface area contributed by atoms with E-state index in [4.69, 9.17) is 10.00 Å². The van der Waals surface area contributed by atoms with Gasteiger partial charge in [-0.2, -0.15) is 5.26 Å². The average Bonchev–Trinajstić information content (AvgIpc) is 2.31. The van der Waals surface area contributed by atoms with Crippen LogP contribution in [-0.4, -0.2) is 25.7 Å². The molecular weight excluding hydrogens is 240 g/mol. The van der Waals surface area contributed by atoms with Gasteiger partial charge in [-0.25, -0.2) is 0 Å². The number of rotatable bonds is 4. The number of hydrogen-bond acceptors (Lipinski definition) is 3. The van der Waals surface area contributed by atoms with Crippen molar-refractivity contribution in [3.8, 4) is 6.07 Å². The standard InChI is InChI=1S/C15H18N2O2/c1-11-3-4-13(12(2)7-11)5-6-17-14(18)15(8-16)9-19-10-15/h3-4,7H,5-6,9-10H2,1-2H3,(H,17,18). The average molecular weight is 258 g/mol. The van der Waals surface area contributed by atoms with Gasteiger partial charge in [-0.05, 0) is 31.4 Å². The van der Waals surface area contributed by atoms with Gasteiger partial charge in [0.15, 0.2) is 5.41 Å². The monoisotopic (exact) mass is 258 g/mol. The van der Waals surface area contributed by atoms with Crippen LogP contribution in [-0.2, 0) is 16.0 Å². The van der Waals surface area contributed by atoms with E-state index in [-0.39, 0.29) is 19.1 Å². The van der Waals surface area contributed by atoms with Crippen molar-refractivity contribution in [2.45, 2.75) is 20.3 Å². The molecule has 1 N–H and O–H groups in total. The number of carbonyl (C=O) groups is 1. The van der Waals surface area contributed by atoms with Gasteiger partial charge >= 0.3 is 0 Å². The van der Waals surface area contributed by atoms with E-state index in [2.05, 4.69) is 37.4 Å². The first kappa shape index (κ1) is 13.6. The molecule has 0 atom stereocenters. The fourth-order valence-corrected chi connectivity index (χ4v) is 2.16. The van der Waals surface area contributed by atoms with Gasteiger partial charge in [-0.15, -0.1) is 0 Å². The van der Waals surface area contributed by atoms with Crippen molar-refractivity contribution in [1.29, 1.82) is 5.26 Å². The highest BCUT2D eigenvalue weighted by Gasteiger charge is 2.46. The van der Waals surface area contributed by atoms with Crippen LogP contribution in [0.15, 0.2) is 18.2 Å². The van der Waals surface area contributed by atoms with E-state index in [0.29, 0.717) is 6.54 Å². The molecule has 1 aromatic carbocycles. The first-order chi connectivity index (χ1) is 9.07. The van der Waals surface area contributed by atoms with E-state index in [1.807, 2.05) is 6.07 Å². The van der Waals surface area contributed by atoms with Gasteiger partial charge in [0.25, 0.3) is 0 Å². The number of nitriles is 1. The molecule has 0 spiro atoms. The number of benzene rings is 1. The van der Waals surface area contributed by atoms with Crippen LogP contribution in [0, 0.1) is 30.6 Å². The van der Waals surface area contributed by atoms with Crippen molar-refractivity contribution in [3.05, 3.63) is 34.9 Å². The largest absolute Gasteiger partial charge is 0.377 e. The molecular formula is C15H18N2O2. The lowest BCUT2D eigenvalue weighted by molar-refractivity contribution is -0.149. The van der Waals surface area contributed by atoms with Gasteiger partial charge < -0.3 is 10.1 Å². The molecule has 1 aliphatic rings. The zero-order chi connectivity index (χ0) is 13.9. The summed E-state index contributed by atoms with van der Waals surface area (Å²) in [4.78, 5) is 11.9. The number of nitrogens with zero attached hydrogens (tertiary/aromatic N) is 1. The minimum atomic E-state index is -0.956. The molecule has 0 aliphatic carbocycles. The first-order valence-corrected chi connectivity index (χ1v) is 6.41. The van der Waals surface area contributed by atoms with Crippen LogP contribution >= 0.6 is 0 Å². The molecule has 0 unspecified atom stereocenters. The molecule has 1 aromatic rings. The Morgan fingerprint density at radius 1 is 1.47 bits per heavy atom. The van der Waals surface area contributed by atoms with Gasteiger partial charge in [-0.3, -0.25) is 4.79 Å². The number of nitrogens with one attached hydrogen (secondary N) is 1. The van der Waals surface area contributed by atoms with E-state index in [9.17, 15) is 4.79 Å². The second kappa shape index (κ2) is 5.41.